The quantitative estimate of drug-likeness (QED) is 0.840. The Bertz CT molecular complexity index is 739. The minimum absolute atomic E-state index is 0.165. The maximum atomic E-state index is 12.1. The second-order valence-corrected chi connectivity index (χ2v) is 5.64. The molecule has 5 nitrogen and oxygen atoms in total. The van der Waals surface area contributed by atoms with Crippen molar-refractivity contribution >= 4 is 17.7 Å². The van der Waals surface area contributed by atoms with Gasteiger partial charge in [0.05, 0.1) is 0 Å². The summed E-state index contributed by atoms with van der Waals surface area (Å²) in [4.78, 5) is 36.3. The number of benzene rings is 2. The third-order valence-electron chi connectivity index (χ3n) is 4.03. The highest BCUT2D eigenvalue weighted by Gasteiger charge is 2.28. The Balaban J connectivity index is 0.00000117. The van der Waals surface area contributed by atoms with Gasteiger partial charge in [-0.15, -0.1) is 0 Å². The molecule has 3 amide bonds. The minimum atomic E-state index is -0.214. The van der Waals surface area contributed by atoms with Gasteiger partial charge in [0.25, 0.3) is 5.91 Å². The van der Waals surface area contributed by atoms with Crippen LogP contribution in [0.3, 0.4) is 0 Å². The molecule has 0 unspecified atom stereocenters. The summed E-state index contributed by atoms with van der Waals surface area (Å²) in [5.74, 6) is -0.545. The van der Waals surface area contributed by atoms with Gasteiger partial charge in [0.15, 0.2) is 0 Å². The summed E-state index contributed by atoms with van der Waals surface area (Å²) in [6.07, 6.45) is 0.543. The number of rotatable bonds is 5. The van der Waals surface area contributed by atoms with Gasteiger partial charge in [-0.1, -0.05) is 56.3 Å². The van der Waals surface area contributed by atoms with Crippen LogP contribution in [-0.4, -0.2) is 35.7 Å². The molecular formula is C21H24N2O3. The summed E-state index contributed by atoms with van der Waals surface area (Å²) < 4.78 is 0. The van der Waals surface area contributed by atoms with Crippen LogP contribution >= 0.6 is 0 Å². The van der Waals surface area contributed by atoms with Gasteiger partial charge in [0, 0.05) is 31.5 Å². The van der Waals surface area contributed by atoms with Crippen molar-refractivity contribution in [3.8, 4) is 11.1 Å². The molecule has 1 aliphatic rings. The number of nitrogens with one attached hydrogen (secondary N) is 1. The normalized spacial score (nSPS) is 13.2. The lowest BCUT2D eigenvalue weighted by Gasteiger charge is -2.14. The van der Waals surface area contributed by atoms with E-state index in [1.165, 1.54) is 4.90 Å². The van der Waals surface area contributed by atoms with Crippen LogP contribution in [0, 0.1) is 0 Å². The molecule has 1 saturated heterocycles. The molecule has 1 N–H and O–H groups in total. The van der Waals surface area contributed by atoms with Crippen LogP contribution in [0.15, 0.2) is 54.6 Å². The van der Waals surface area contributed by atoms with Crippen LogP contribution < -0.4 is 5.32 Å². The van der Waals surface area contributed by atoms with Crippen LogP contribution in [0.4, 0.5) is 0 Å². The molecule has 1 fully saturated rings. The molecule has 1 heterocycles. The molecule has 0 aromatic heterocycles. The lowest BCUT2D eigenvalue weighted by atomic mass is 10.0. The van der Waals surface area contributed by atoms with E-state index < -0.39 is 0 Å². The molecule has 1 aliphatic heterocycles. The van der Waals surface area contributed by atoms with E-state index in [0.717, 1.165) is 11.1 Å². The molecule has 0 bridgehead atoms. The van der Waals surface area contributed by atoms with Gasteiger partial charge < -0.3 is 5.32 Å². The van der Waals surface area contributed by atoms with E-state index in [4.69, 9.17) is 0 Å². The first kappa shape index (κ1) is 19.4. The SMILES string of the molecule is CC.O=C(NCCN1C(=O)CCC1=O)c1ccc(-c2ccccc2)cc1. The van der Waals surface area contributed by atoms with Gasteiger partial charge in [-0.25, -0.2) is 0 Å². The van der Waals surface area contributed by atoms with E-state index in [2.05, 4.69) is 5.32 Å². The summed E-state index contributed by atoms with van der Waals surface area (Å²) in [7, 11) is 0. The van der Waals surface area contributed by atoms with Crippen molar-refractivity contribution < 1.29 is 14.4 Å². The van der Waals surface area contributed by atoms with Crippen molar-refractivity contribution in [3.05, 3.63) is 60.2 Å². The number of likely N-dealkylation sites (tertiary alicyclic amines) is 1. The Morgan fingerprint density at radius 2 is 1.42 bits per heavy atom. The number of hydrogen-bond acceptors (Lipinski definition) is 3. The highest BCUT2D eigenvalue weighted by Crippen LogP contribution is 2.19. The zero-order valence-electron chi connectivity index (χ0n) is 15.2. The van der Waals surface area contributed by atoms with Crippen molar-refractivity contribution in [2.45, 2.75) is 26.7 Å². The summed E-state index contributed by atoms with van der Waals surface area (Å²) in [5.41, 5.74) is 2.68. The zero-order chi connectivity index (χ0) is 18.9. The molecule has 3 rings (SSSR count). The van der Waals surface area contributed by atoms with Crippen LogP contribution in [0.5, 0.6) is 0 Å². The second-order valence-electron chi connectivity index (χ2n) is 5.64. The number of hydrogen-bond donors (Lipinski definition) is 1. The molecule has 5 heteroatoms. The highest BCUT2D eigenvalue weighted by atomic mass is 16.2. The third kappa shape index (κ3) is 4.79. The maximum Gasteiger partial charge on any atom is 0.251 e. The Kier molecular flexibility index (Phi) is 7.09. The zero-order valence-corrected chi connectivity index (χ0v) is 15.2. The van der Waals surface area contributed by atoms with Gasteiger partial charge in [-0.2, -0.15) is 0 Å². The van der Waals surface area contributed by atoms with Gasteiger partial charge in [-0.05, 0) is 23.3 Å². The van der Waals surface area contributed by atoms with Crippen molar-refractivity contribution in [1.29, 1.82) is 0 Å². The average Bonchev–Trinajstić information content (AvgIpc) is 3.02. The lowest BCUT2D eigenvalue weighted by molar-refractivity contribution is -0.138. The highest BCUT2D eigenvalue weighted by molar-refractivity contribution is 6.02. The monoisotopic (exact) mass is 352 g/mol. The number of nitrogens with zero attached hydrogens (tertiary/aromatic N) is 1. The summed E-state index contributed by atoms with van der Waals surface area (Å²) in [5, 5.41) is 2.74. The smallest absolute Gasteiger partial charge is 0.251 e. The van der Waals surface area contributed by atoms with E-state index in [9.17, 15) is 14.4 Å². The van der Waals surface area contributed by atoms with Gasteiger partial charge in [-0.3, -0.25) is 19.3 Å². The number of imide groups is 1. The molecule has 0 aliphatic carbocycles. The van der Waals surface area contributed by atoms with Crippen molar-refractivity contribution in [2.75, 3.05) is 13.1 Å². The molecule has 0 radical (unpaired) electrons. The van der Waals surface area contributed by atoms with Gasteiger partial charge in [0.2, 0.25) is 11.8 Å². The van der Waals surface area contributed by atoms with Crippen molar-refractivity contribution in [1.82, 2.24) is 10.2 Å². The Morgan fingerprint density at radius 3 is 2.00 bits per heavy atom. The first-order chi connectivity index (χ1) is 12.6. The molecule has 2 aromatic rings. The van der Waals surface area contributed by atoms with E-state index in [1.54, 1.807) is 12.1 Å². The third-order valence-corrected chi connectivity index (χ3v) is 4.03. The fraction of sp³-hybridized carbons (Fsp3) is 0.286. The second kappa shape index (κ2) is 9.51. The fourth-order valence-electron chi connectivity index (χ4n) is 2.70. The molecule has 0 saturated carbocycles. The standard InChI is InChI=1S/C19H18N2O3.C2H6/c22-17-10-11-18(23)21(17)13-12-20-19(24)16-8-6-15(7-9-16)14-4-2-1-3-5-14;1-2/h1-9H,10-13H2,(H,20,24);1-2H3. The Morgan fingerprint density at radius 1 is 0.885 bits per heavy atom. The number of amides is 3. The van der Waals surface area contributed by atoms with E-state index in [0.29, 0.717) is 5.56 Å². The fourth-order valence-corrected chi connectivity index (χ4v) is 2.70. The Hall–Kier alpha value is -2.95. The van der Waals surface area contributed by atoms with Crippen LogP contribution in [0.1, 0.15) is 37.0 Å². The molecule has 2 aromatic carbocycles. The number of carbonyl (C=O) groups excluding carboxylic acids is 3. The topological polar surface area (TPSA) is 66.5 Å². The molecular weight excluding hydrogens is 328 g/mol. The van der Waals surface area contributed by atoms with Crippen LogP contribution in [0.2, 0.25) is 0 Å². The molecule has 0 spiro atoms. The van der Waals surface area contributed by atoms with Gasteiger partial charge >= 0.3 is 0 Å². The summed E-state index contributed by atoms with van der Waals surface area (Å²) in [6.45, 7) is 4.49. The Labute approximate surface area is 154 Å². The maximum absolute atomic E-state index is 12.1. The van der Waals surface area contributed by atoms with Crippen LogP contribution in [0.25, 0.3) is 11.1 Å². The van der Waals surface area contributed by atoms with Crippen molar-refractivity contribution in [3.63, 3.8) is 0 Å². The predicted octanol–water partition coefficient (Wildman–Crippen LogP) is 3.26. The first-order valence-corrected chi connectivity index (χ1v) is 8.92. The first-order valence-electron chi connectivity index (χ1n) is 8.92. The lowest BCUT2D eigenvalue weighted by Crippen LogP contribution is -2.37. The number of carbonyl (C=O) groups is 3. The van der Waals surface area contributed by atoms with Crippen molar-refractivity contribution in [2.24, 2.45) is 0 Å². The molecule has 0 atom stereocenters. The largest absolute Gasteiger partial charge is 0.350 e. The van der Waals surface area contributed by atoms with E-state index >= 15 is 0 Å². The minimum Gasteiger partial charge on any atom is -0.350 e. The van der Waals surface area contributed by atoms with Gasteiger partial charge in [0.1, 0.15) is 0 Å². The van der Waals surface area contributed by atoms with E-state index in [-0.39, 0.29) is 43.7 Å². The average molecular weight is 352 g/mol. The predicted molar refractivity (Wildman–Crippen MR) is 102 cm³/mol. The molecule has 136 valence electrons. The summed E-state index contributed by atoms with van der Waals surface area (Å²) >= 11 is 0. The van der Waals surface area contributed by atoms with Crippen LogP contribution in [-0.2, 0) is 9.59 Å². The molecule has 26 heavy (non-hydrogen) atoms. The summed E-state index contributed by atoms with van der Waals surface area (Å²) in [6, 6.07) is 17.3. The van der Waals surface area contributed by atoms with E-state index in [1.807, 2.05) is 56.3 Å².